The van der Waals surface area contributed by atoms with Gasteiger partial charge in [0.05, 0.1) is 13.2 Å². The molecular weight excluding hydrogens is 266 g/mol. The van der Waals surface area contributed by atoms with E-state index in [0.29, 0.717) is 5.82 Å². The molecule has 3 rings (SSSR count). The first-order valence-corrected chi connectivity index (χ1v) is 6.91. The predicted octanol–water partition coefficient (Wildman–Crippen LogP) is 1.35. The van der Waals surface area contributed by atoms with Gasteiger partial charge in [-0.05, 0) is 30.3 Å². The number of benzene rings is 1. The summed E-state index contributed by atoms with van der Waals surface area (Å²) >= 11 is 0. The molecule has 0 unspecified atom stereocenters. The molecule has 1 amide bonds. The number of fused-ring (bicyclic) bond motifs is 3. The van der Waals surface area contributed by atoms with Crippen molar-refractivity contribution in [3.05, 3.63) is 48.2 Å². The first-order valence-electron chi connectivity index (χ1n) is 6.91. The number of nitrogens with zero attached hydrogens (tertiary/aromatic N) is 2. The number of rotatable bonds is 3. The molecule has 0 saturated heterocycles. The Morgan fingerprint density at radius 2 is 2.00 bits per heavy atom. The van der Waals surface area contributed by atoms with E-state index < -0.39 is 6.04 Å². The fourth-order valence-corrected chi connectivity index (χ4v) is 2.80. The molecule has 5 heteroatoms. The van der Waals surface area contributed by atoms with Crippen LogP contribution < -0.4 is 10.2 Å². The Balaban J connectivity index is 2.27. The summed E-state index contributed by atoms with van der Waals surface area (Å²) in [7, 11) is 1.76. The number of nitrogens with one attached hydrogen (secondary N) is 1. The summed E-state index contributed by atoms with van der Waals surface area (Å²) in [6.07, 6.45) is 1.67. The maximum Gasteiger partial charge on any atom is 0.249 e. The summed E-state index contributed by atoms with van der Waals surface area (Å²) in [6, 6.07) is 11.2. The number of β-amino-alcohol motifs (C(OH)–C–C–N with tert-alkyl or cyclic N) is 1. The minimum Gasteiger partial charge on any atom is -0.395 e. The summed E-state index contributed by atoms with van der Waals surface area (Å²) in [4.78, 5) is 18.7. The van der Waals surface area contributed by atoms with E-state index in [4.69, 9.17) is 0 Å². The normalized spacial score (nSPS) is 17.1. The van der Waals surface area contributed by atoms with Crippen LogP contribution in [-0.4, -0.2) is 36.2 Å². The van der Waals surface area contributed by atoms with Gasteiger partial charge in [0.1, 0.15) is 11.9 Å². The monoisotopic (exact) mass is 283 g/mol. The molecule has 0 aliphatic carbocycles. The van der Waals surface area contributed by atoms with Gasteiger partial charge in [-0.3, -0.25) is 9.69 Å². The van der Waals surface area contributed by atoms with Crippen LogP contribution in [0, 0.1) is 0 Å². The van der Waals surface area contributed by atoms with Crippen LogP contribution in [-0.2, 0) is 4.79 Å². The zero-order valence-corrected chi connectivity index (χ0v) is 11.8. The molecule has 2 heterocycles. The van der Waals surface area contributed by atoms with E-state index in [9.17, 15) is 9.90 Å². The van der Waals surface area contributed by atoms with Crippen LogP contribution in [0.3, 0.4) is 0 Å². The standard InChI is InChI=1S/C16H17N3O2/c1-17-14-12-6-3-2-5-11(12)13-7-4-8-18-15(13)19(9-10-20)16(14)21/h2-8,14,17,20H,9-10H2,1H3/t14-/m0/s1. The Morgan fingerprint density at radius 3 is 2.76 bits per heavy atom. The molecule has 1 atom stereocenters. The third-order valence-electron chi connectivity index (χ3n) is 3.73. The van der Waals surface area contributed by atoms with Crippen molar-refractivity contribution in [2.75, 3.05) is 25.1 Å². The van der Waals surface area contributed by atoms with Crippen LogP contribution in [0.5, 0.6) is 0 Å². The molecule has 1 aliphatic heterocycles. The molecule has 21 heavy (non-hydrogen) atoms. The van der Waals surface area contributed by atoms with E-state index >= 15 is 0 Å². The van der Waals surface area contributed by atoms with Crippen LogP contribution in [0.1, 0.15) is 11.6 Å². The molecule has 5 nitrogen and oxygen atoms in total. The second-order valence-electron chi connectivity index (χ2n) is 4.90. The molecule has 2 aromatic rings. The number of hydrogen-bond acceptors (Lipinski definition) is 4. The molecule has 0 radical (unpaired) electrons. The van der Waals surface area contributed by atoms with Gasteiger partial charge >= 0.3 is 0 Å². The van der Waals surface area contributed by atoms with E-state index in [2.05, 4.69) is 10.3 Å². The van der Waals surface area contributed by atoms with Gasteiger partial charge in [-0.2, -0.15) is 0 Å². The number of carbonyl (C=O) groups excluding carboxylic acids is 1. The second-order valence-corrected chi connectivity index (χ2v) is 4.90. The molecule has 2 N–H and O–H groups in total. The fourth-order valence-electron chi connectivity index (χ4n) is 2.80. The molecule has 0 bridgehead atoms. The quantitative estimate of drug-likeness (QED) is 0.892. The van der Waals surface area contributed by atoms with E-state index in [0.717, 1.165) is 16.7 Å². The molecule has 0 saturated carbocycles. The van der Waals surface area contributed by atoms with Gasteiger partial charge in [0, 0.05) is 11.8 Å². The van der Waals surface area contributed by atoms with E-state index in [-0.39, 0.29) is 19.1 Å². The van der Waals surface area contributed by atoms with Gasteiger partial charge in [-0.15, -0.1) is 0 Å². The maximum absolute atomic E-state index is 12.8. The Labute approximate surface area is 123 Å². The lowest BCUT2D eigenvalue weighted by atomic mass is 9.96. The van der Waals surface area contributed by atoms with Crippen molar-refractivity contribution in [1.82, 2.24) is 10.3 Å². The van der Waals surface area contributed by atoms with Gasteiger partial charge in [0.25, 0.3) is 0 Å². The number of pyridine rings is 1. The van der Waals surface area contributed by atoms with Gasteiger partial charge in [-0.25, -0.2) is 4.98 Å². The predicted molar refractivity (Wildman–Crippen MR) is 80.9 cm³/mol. The number of aliphatic hydroxyl groups is 1. The molecule has 1 aromatic carbocycles. The van der Waals surface area contributed by atoms with Crippen LogP contribution in [0.25, 0.3) is 11.1 Å². The van der Waals surface area contributed by atoms with E-state index in [1.54, 1.807) is 18.1 Å². The van der Waals surface area contributed by atoms with Crippen molar-refractivity contribution in [3.63, 3.8) is 0 Å². The largest absolute Gasteiger partial charge is 0.395 e. The number of aliphatic hydroxyl groups excluding tert-OH is 1. The molecule has 108 valence electrons. The second kappa shape index (κ2) is 5.63. The SMILES string of the molecule is CN[C@@H]1C(=O)N(CCO)c2ncccc2-c2ccccc21. The summed E-state index contributed by atoms with van der Waals surface area (Å²) in [5.41, 5.74) is 2.83. The number of carbonyl (C=O) groups is 1. The highest BCUT2D eigenvalue weighted by Gasteiger charge is 2.33. The van der Waals surface area contributed by atoms with Crippen LogP contribution in [0.2, 0.25) is 0 Å². The molecular formula is C16H17N3O2. The maximum atomic E-state index is 12.8. The highest BCUT2D eigenvalue weighted by molar-refractivity contribution is 6.03. The minimum atomic E-state index is -0.443. The van der Waals surface area contributed by atoms with Gasteiger partial charge in [0.2, 0.25) is 5.91 Å². The Hall–Kier alpha value is -2.24. The number of anilines is 1. The Morgan fingerprint density at radius 1 is 1.24 bits per heavy atom. The van der Waals surface area contributed by atoms with Gasteiger partial charge in [0.15, 0.2) is 0 Å². The number of likely N-dealkylation sites (N-methyl/N-ethyl adjacent to an activating group) is 1. The summed E-state index contributed by atoms with van der Waals surface area (Å²) in [6.45, 7) is 0.129. The fraction of sp³-hybridized carbons (Fsp3) is 0.250. The van der Waals surface area contributed by atoms with Crippen molar-refractivity contribution in [3.8, 4) is 11.1 Å². The van der Waals surface area contributed by atoms with Gasteiger partial charge < -0.3 is 10.4 Å². The average Bonchev–Trinajstić information content (AvgIpc) is 2.62. The van der Waals surface area contributed by atoms with E-state index in [1.807, 2.05) is 36.4 Å². The third-order valence-corrected chi connectivity index (χ3v) is 3.73. The average molecular weight is 283 g/mol. The van der Waals surface area contributed by atoms with Crippen LogP contribution in [0.4, 0.5) is 5.82 Å². The van der Waals surface area contributed by atoms with E-state index in [1.165, 1.54) is 0 Å². The lowest BCUT2D eigenvalue weighted by Gasteiger charge is -2.24. The Bertz CT molecular complexity index is 672. The van der Waals surface area contributed by atoms with Crippen molar-refractivity contribution in [2.24, 2.45) is 0 Å². The lowest BCUT2D eigenvalue weighted by molar-refractivity contribution is -0.120. The topological polar surface area (TPSA) is 65.5 Å². The minimum absolute atomic E-state index is 0.101. The van der Waals surface area contributed by atoms with Gasteiger partial charge in [-0.1, -0.05) is 24.3 Å². The number of amides is 1. The van der Waals surface area contributed by atoms with Crippen molar-refractivity contribution >= 4 is 11.7 Å². The first kappa shape index (κ1) is 13.7. The highest BCUT2D eigenvalue weighted by atomic mass is 16.3. The van der Waals surface area contributed by atoms with Crippen molar-refractivity contribution in [1.29, 1.82) is 0 Å². The molecule has 1 aromatic heterocycles. The summed E-state index contributed by atoms with van der Waals surface area (Å²) in [5.74, 6) is 0.498. The Kier molecular flexibility index (Phi) is 3.68. The molecule has 0 spiro atoms. The molecule has 1 aliphatic rings. The number of aromatic nitrogens is 1. The lowest BCUT2D eigenvalue weighted by Crippen LogP contribution is -2.41. The molecule has 0 fully saturated rings. The first-order chi connectivity index (χ1) is 10.3. The van der Waals surface area contributed by atoms with Crippen molar-refractivity contribution < 1.29 is 9.90 Å². The number of hydrogen-bond donors (Lipinski definition) is 2. The van der Waals surface area contributed by atoms with Crippen molar-refractivity contribution in [2.45, 2.75) is 6.04 Å². The highest BCUT2D eigenvalue weighted by Crippen LogP contribution is 2.38. The zero-order chi connectivity index (χ0) is 14.8. The summed E-state index contributed by atoms with van der Waals surface area (Å²) < 4.78 is 0. The smallest absolute Gasteiger partial charge is 0.249 e. The summed E-state index contributed by atoms with van der Waals surface area (Å²) in [5, 5.41) is 12.4. The van der Waals surface area contributed by atoms with Crippen LogP contribution >= 0.6 is 0 Å². The third kappa shape index (κ3) is 2.20. The van der Waals surface area contributed by atoms with Crippen LogP contribution in [0.15, 0.2) is 42.6 Å². The zero-order valence-electron chi connectivity index (χ0n) is 11.8.